The lowest BCUT2D eigenvalue weighted by molar-refractivity contribution is 0.00578. The maximum absolute atomic E-state index is 13.8. The van der Waals surface area contributed by atoms with Crippen molar-refractivity contribution in [2.45, 2.75) is 78.8 Å². The first-order chi connectivity index (χ1) is 22.4. The van der Waals surface area contributed by atoms with Crippen LogP contribution in [-0.2, 0) is 9.31 Å². The largest absolute Gasteiger partial charge is 0.494 e. The molecular formula is C36H38BBrF2N4O4. The Morgan fingerprint density at radius 1 is 0.771 bits per heavy atom. The van der Waals surface area contributed by atoms with Gasteiger partial charge in [-0.25, -0.2) is 18.5 Å². The van der Waals surface area contributed by atoms with Crippen LogP contribution in [0.5, 0.6) is 0 Å². The highest BCUT2D eigenvalue weighted by atomic mass is 79.9. The van der Waals surface area contributed by atoms with Gasteiger partial charge in [-0.2, -0.15) is 0 Å². The summed E-state index contributed by atoms with van der Waals surface area (Å²) in [6.07, 6.45) is 3.41. The number of aromatic nitrogens is 2. The molecule has 8 nitrogen and oxygen atoms in total. The van der Waals surface area contributed by atoms with E-state index < -0.39 is 23.8 Å². The standard InChI is InChI=1S/C15H13FN2O.C14H18BNO2.C7H7BrFNO/c1-9-6-11(4-5-14(9)17-3)12-7-18-8-13(16)15(12)10(2)19;1-10-9-11(7-8-12(10)16-6)15-17-13(2,3)14(4,5)18-15;1-4(11)7-5(8)2-10-3-6(7)9/h4-8,10,19H,1-2H3;7-9H,1-5H3;2-4,11H,1H3. The maximum Gasteiger partial charge on any atom is 0.494 e. The van der Waals surface area contributed by atoms with E-state index in [0.29, 0.717) is 21.4 Å². The number of aryl methyl sites for hydroxylation is 2. The van der Waals surface area contributed by atoms with E-state index in [2.05, 4.69) is 35.6 Å². The van der Waals surface area contributed by atoms with Gasteiger partial charge in [0.25, 0.3) is 0 Å². The molecule has 4 aromatic rings. The summed E-state index contributed by atoms with van der Waals surface area (Å²) in [4.78, 5) is 14.3. The topological polar surface area (TPSA) is 93.4 Å². The van der Waals surface area contributed by atoms with Crippen molar-refractivity contribution in [1.29, 1.82) is 0 Å². The van der Waals surface area contributed by atoms with Crippen LogP contribution in [0.15, 0.2) is 65.7 Å². The molecule has 48 heavy (non-hydrogen) atoms. The highest BCUT2D eigenvalue weighted by molar-refractivity contribution is 9.10. The number of rotatable bonds is 4. The summed E-state index contributed by atoms with van der Waals surface area (Å²) in [6, 6.07) is 10.9. The van der Waals surface area contributed by atoms with Crippen LogP contribution in [0.1, 0.15) is 76.0 Å². The second-order valence-electron chi connectivity index (χ2n) is 12.3. The third-order valence-electron chi connectivity index (χ3n) is 8.16. The Morgan fingerprint density at radius 3 is 1.69 bits per heavy atom. The molecule has 5 rings (SSSR count). The summed E-state index contributed by atoms with van der Waals surface area (Å²) in [5, 5.41) is 18.8. The van der Waals surface area contributed by atoms with E-state index >= 15 is 0 Å². The zero-order valence-electron chi connectivity index (χ0n) is 28.1. The van der Waals surface area contributed by atoms with Gasteiger partial charge < -0.3 is 19.5 Å². The molecule has 12 heteroatoms. The Kier molecular flexibility index (Phi) is 12.7. The minimum Gasteiger partial charge on any atom is -0.399 e. The molecule has 1 aliphatic rings. The highest BCUT2D eigenvalue weighted by Crippen LogP contribution is 2.37. The van der Waals surface area contributed by atoms with Crippen LogP contribution in [0.2, 0.25) is 0 Å². The van der Waals surface area contributed by atoms with Crippen LogP contribution in [-0.4, -0.2) is 38.5 Å². The third-order valence-corrected chi connectivity index (χ3v) is 8.79. The lowest BCUT2D eigenvalue weighted by atomic mass is 9.78. The van der Waals surface area contributed by atoms with Crippen LogP contribution in [0, 0.1) is 38.6 Å². The second kappa shape index (κ2) is 15.9. The minimum absolute atomic E-state index is 0.227. The van der Waals surface area contributed by atoms with Gasteiger partial charge in [0.2, 0.25) is 0 Å². The van der Waals surface area contributed by atoms with Crippen molar-refractivity contribution in [1.82, 2.24) is 9.97 Å². The van der Waals surface area contributed by atoms with Crippen molar-refractivity contribution in [2.75, 3.05) is 0 Å². The van der Waals surface area contributed by atoms with E-state index in [4.69, 9.17) is 27.6 Å². The molecule has 2 atom stereocenters. The van der Waals surface area contributed by atoms with E-state index in [1.807, 2.05) is 59.7 Å². The molecule has 2 aromatic carbocycles. The average molecular weight is 719 g/mol. The SMILES string of the molecule is CC(O)c1c(F)cncc1Br.[C-]#[N+]c1ccc(-c2cncc(F)c2C(C)O)cc1C.[C-]#[N+]c1ccc(B2OC(C)(C)C(C)(C)O2)cc1C. The number of pyridine rings is 2. The van der Waals surface area contributed by atoms with E-state index in [9.17, 15) is 13.9 Å². The quantitative estimate of drug-likeness (QED) is 0.162. The maximum atomic E-state index is 13.8. The van der Waals surface area contributed by atoms with Crippen molar-refractivity contribution in [3.63, 3.8) is 0 Å². The smallest absolute Gasteiger partial charge is 0.399 e. The molecule has 0 amide bonds. The first-order valence-corrected chi connectivity index (χ1v) is 15.8. The number of aliphatic hydroxyl groups is 2. The van der Waals surface area contributed by atoms with Gasteiger partial charge in [-0.3, -0.25) is 9.97 Å². The van der Waals surface area contributed by atoms with Crippen molar-refractivity contribution >= 4 is 39.9 Å². The summed E-state index contributed by atoms with van der Waals surface area (Å²) >= 11 is 3.09. The molecule has 1 fully saturated rings. The molecule has 2 unspecified atom stereocenters. The minimum atomic E-state index is -0.918. The van der Waals surface area contributed by atoms with Crippen molar-refractivity contribution in [3.05, 3.63) is 122 Å². The second-order valence-corrected chi connectivity index (χ2v) is 13.2. The van der Waals surface area contributed by atoms with Gasteiger partial charge in [0.15, 0.2) is 11.4 Å². The number of aliphatic hydroxyl groups excluding tert-OH is 2. The first kappa shape index (κ1) is 38.4. The van der Waals surface area contributed by atoms with Crippen LogP contribution in [0.25, 0.3) is 20.8 Å². The fraction of sp³-hybridized carbons (Fsp3) is 0.333. The predicted octanol–water partition coefficient (Wildman–Crippen LogP) is 8.68. The summed E-state index contributed by atoms with van der Waals surface area (Å²) in [5.74, 6) is -1.02. The van der Waals surface area contributed by atoms with Gasteiger partial charge in [-0.05, 0) is 93.5 Å². The number of halogens is 3. The zero-order valence-corrected chi connectivity index (χ0v) is 29.7. The summed E-state index contributed by atoms with van der Waals surface area (Å²) in [7, 11) is -0.353. The fourth-order valence-corrected chi connectivity index (χ4v) is 5.44. The number of benzene rings is 2. The van der Waals surface area contributed by atoms with E-state index in [-0.39, 0.29) is 29.4 Å². The normalized spacial score (nSPS) is 15.5. The Balaban J connectivity index is 0.000000203. The van der Waals surface area contributed by atoms with Crippen molar-refractivity contribution < 1.29 is 28.3 Å². The Morgan fingerprint density at radius 2 is 1.25 bits per heavy atom. The van der Waals surface area contributed by atoms with E-state index in [1.54, 1.807) is 18.2 Å². The number of hydrogen-bond acceptors (Lipinski definition) is 6. The summed E-state index contributed by atoms with van der Waals surface area (Å²) < 4.78 is 39.1. The molecule has 0 spiro atoms. The van der Waals surface area contributed by atoms with E-state index in [1.165, 1.54) is 26.2 Å². The van der Waals surface area contributed by atoms with Gasteiger partial charge in [-0.15, -0.1) is 0 Å². The molecule has 0 saturated carbocycles. The third kappa shape index (κ3) is 8.90. The Bertz CT molecular complexity index is 1820. The van der Waals surface area contributed by atoms with Crippen molar-refractivity contribution in [3.8, 4) is 11.1 Å². The molecule has 2 N–H and O–H groups in total. The lowest BCUT2D eigenvalue weighted by Crippen LogP contribution is -2.41. The lowest BCUT2D eigenvalue weighted by Gasteiger charge is -2.32. The van der Waals surface area contributed by atoms with Crippen LogP contribution < -0.4 is 5.46 Å². The zero-order chi connectivity index (χ0) is 36.0. The monoisotopic (exact) mass is 718 g/mol. The van der Waals surface area contributed by atoms with Crippen LogP contribution >= 0.6 is 15.9 Å². The molecule has 1 aliphatic heterocycles. The fourth-order valence-electron chi connectivity index (χ4n) is 4.80. The average Bonchev–Trinajstić information content (AvgIpc) is 3.23. The van der Waals surface area contributed by atoms with Gasteiger partial charge in [-0.1, -0.05) is 36.4 Å². The van der Waals surface area contributed by atoms with Gasteiger partial charge in [0.1, 0.15) is 11.6 Å². The molecule has 0 aliphatic carbocycles. The highest BCUT2D eigenvalue weighted by Gasteiger charge is 2.51. The van der Waals surface area contributed by atoms with Gasteiger partial charge >= 0.3 is 7.12 Å². The van der Waals surface area contributed by atoms with E-state index in [0.717, 1.165) is 34.5 Å². The molecule has 3 heterocycles. The predicted molar refractivity (Wildman–Crippen MR) is 187 cm³/mol. The molecule has 250 valence electrons. The van der Waals surface area contributed by atoms with Crippen LogP contribution in [0.4, 0.5) is 20.2 Å². The first-order valence-electron chi connectivity index (χ1n) is 15.0. The number of nitrogens with zero attached hydrogens (tertiary/aromatic N) is 4. The van der Waals surface area contributed by atoms with Gasteiger partial charge in [0, 0.05) is 33.6 Å². The molecule has 0 radical (unpaired) electrons. The molecule has 1 saturated heterocycles. The summed E-state index contributed by atoms with van der Waals surface area (Å²) in [5.41, 5.74) is 5.09. The molecular weight excluding hydrogens is 681 g/mol. The number of hydrogen-bond donors (Lipinski definition) is 2. The van der Waals surface area contributed by atoms with Crippen LogP contribution in [0.3, 0.4) is 0 Å². The van der Waals surface area contributed by atoms with Crippen molar-refractivity contribution in [2.24, 2.45) is 0 Å². The molecule has 0 bridgehead atoms. The molecule has 2 aromatic heterocycles. The Labute approximate surface area is 289 Å². The summed E-state index contributed by atoms with van der Waals surface area (Å²) in [6.45, 7) is 29.0. The van der Waals surface area contributed by atoms with Gasteiger partial charge in [0.05, 0.1) is 48.9 Å². The Hall–Kier alpha value is -4.04.